The zero-order valence-corrected chi connectivity index (χ0v) is 29.8. The smallest absolute Gasteiger partial charge is 0.0922 e. The molecule has 0 aromatic carbocycles. The summed E-state index contributed by atoms with van der Waals surface area (Å²) in [5, 5.41) is 0. The van der Waals surface area contributed by atoms with Crippen molar-refractivity contribution < 1.29 is 0 Å². The summed E-state index contributed by atoms with van der Waals surface area (Å²) in [5.41, 5.74) is 0. The molecule has 44 heavy (non-hydrogen) atoms. The van der Waals surface area contributed by atoms with Crippen LogP contribution in [0.4, 0.5) is 0 Å². The van der Waals surface area contributed by atoms with Gasteiger partial charge in [-0.1, -0.05) is 88.3 Å². The minimum Gasteiger partial charge on any atom is -0.0922 e. The van der Waals surface area contributed by atoms with E-state index < -0.39 is 0 Å². The molecular weight excluding hydrogens is 527 g/mol. The molecule has 12 aliphatic carbocycles. The standard InChI is InChI=1S/3C10H16.C5H12.C4H10.C2H6B.2CH4/c3*1-7-2-9-4-8(1)5-10(3-7)6-9;1-3-5-4-2;1-3-4-2;1-3-2;;/h3*7-10H,1-6H2;3-5H2,1-2H3;3-4H2,1-2H3;1-2H3;2*1H4. The van der Waals surface area contributed by atoms with Gasteiger partial charge in [-0.2, -0.15) is 0 Å². The quantitative estimate of drug-likeness (QED) is 0.279. The lowest BCUT2D eigenvalue weighted by Crippen LogP contribution is -2.38. The van der Waals surface area contributed by atoms with E-state index >= 15 is 0 Å². The summed E-state index contributed by atoms with van der Waals surface area (Å²) in [4.78, 5) is 0. The van der Waals surface area contributed by atoms with Crippen molar-refractivity contribution in [1.29, 1.82) is 0 Å². The van der Waals surface area contributed by atoms with Crippen LogP contribution in [-0.4, -0.2) is 7.28 Å². The van der Waals surface area contributed by atoms with Crippen molar-refractivity contribution in [3.05, 3.63) is 0 Å². The maximum absolute atomic E-state index is 2.21. The molecule has 0 aliphatic heterocycles. The number of hydrogen-bond donors (Lipinski definition) is 0. The van der Waals surface area contributed by atoms with Crippen LogP contribution in [0, 0.1) is 71.0 Å². The first-order chi connectivity index (χ1) is 20.4. The van der Waals surface area contributed by atoms with Crippen molar-refractivity contribution in [3.8, 4) is 0 Å². The average Bonchev–Trinajstić information content (AvgIpc) is 2.93. The van der Waals surface area contributed by atoms with Crippen molar-refractivity contribution in [2.45, 2.75) is 204 Å². The molecule has 12 bridgehead atoms. The van der Waals surface area contributed by atoms with Gasteiger partial charge in [0.25, 0.3) is 0 Å². The van der Waals surface area contributed by atoms with Crippen LogP contribution in [0.2, 0.25) is 13.6 Å². The van der Waals surface area contributed by atoms with Crippen LogP contribution in [0.5, 0.6) is 0 Å². The van der Waals surface area contributed by atoms with Crippen LogP contribution in [0.25, 0.3) is 0 Å². The number of hydrogen-bond acceptors (Lipinski definition) is 0. The lowest BCUT2D eigenvalue weighted by Gasteiger charge is -2.49. The largest absolute Gasteiger partial charge is 0.102 e. The predicted molar refractivity (Wildman–Crippen MR) is 202 cm³/mol. The van der Waals surface area contributed by atoms with Crippen LogP contribution >= 0.6 is 0 Å². The molecule has 259 valence electrons. The van der Waals surface area contributed by atoms with Gasteiger partial charge in [0.15, 0.2) is 0 Å². The predicted octanol–water partition coefficient (Wildman–Crippen LogP) is 14.6. The van der Waals surface area contributed by atoms with Crippen LogP contribution in [0.3, 0.4) is 0 Å². The van der Waals surface area contributed by atoms with Crippen LogP contribution in [-0.2, 0) is 0 Å². The van der Waals surface area contributed by atoms with E-state index in [4.69, 9.17) is 0 Å². The van der Waals surface area contributed by atoms with E-state index in [2.05, 4.69) is 27.7 Å². The Morgan fingerprint density at radius 2 is 0.409 bits per heavy atom. The highest BCUT2D eigenvalue weighted by Gasteiger charge is 2.43. The van der Waals surface area contributed by atoms with E-state index in [1.807, 2.05) is 20.9 Å². The van der Waals surface area contributed by atoms with Crippen molar-refractivity contribution in [1.82, 2.24) is 0 Å². The van der Waals surface area contributed by atoms with Gasteiger partial charge in [0, 0.05) is 0 Å². The van der Waals surface area contributed by atoms with Gasteiger partial charge < -0.3 is 0 Å². The molecule has 0 aromatic rings. The van der Waals surface area contributed by atoms with Crippen molar-refractivity contribution in [2.75, 3.05) is 0 Å². The van der Waals surface area contributed by atoms with E-state index in [1.54, 1.807) is 116 Å². The fourth-order valence-electron chi connectivity index (χ4n) is 12.3. The Morgan fingerprint density at radius 3 is 0.455 bits per heavy atom. The average molecular weight is 612 g/mol. The summed E-state index contributed by atoms with van der Waals surface area (Å²) in [7, 11) is 2.00. The zero-order chi connectivity index (χ0) is 29.9. The summed E-state index contributed by atoms with van der Waals surface area (Å²) >= 11 is 0. The molecule has 0 heterocycles. The molecule has 0 spiro atoms. The second-order valence-electron chi connectivity index (χ2n) is 17.6. The number of unbranched alkanes of at least 4 members (excludes halogenated alkanes) is 3. The van der Waals surface area contributed by atoms with Gasteiger partial charge in [-0.3, -0.25) is 0 Å². The fourth-order valence-corrected chi connectivity index (χ4v) is 12.3. The first-order valence-corrected chi connectivity index (χ1v) is 20.2. The molecule has 0 saturated heterocycles. The molecule has 0 atom stereocenters. The molecule has 1 radical (unpaired) electrons. The van der Waals surface area contributed by atoms with Gasteiger partial charge >= 0.3 is 0 Å². The van der Waals surface area contributed by atoms with Crippen molar-refractivity contribution in [3.63, 3.8) is 0 Å². The Kier molecular flexibility index (Phi) is 19.3. The molecular formula is C43H84B. The fraction of sp³-hybridized carbons (Fsp3) is 1.00. The minimum atomic E-state index is 0. The Morgan fingerprint density at radius 1 is 0.295 bits per heavy atom. The molecule has 12 rings (SSSR count). The Bertz CT molecular complexity index is 451. The minimum absolute atomic E-state index is 0. The highest BCUT2D eigenvalue weighted by Crippen LogP contribution is 2.55. The molecule has 1 heteroatoms. The van der Waals surface area contributed by atoms with Gasteiger partial charge in [-0.25, -0.2) is 0 Å². The monoisotopic (exact) mass is 612 g/mol. The highest BCUT2D eigenvalue weighted by atomic mass is 14.5. The molecule has 0 unspecified atom stereocenters. The molecule has 0 amide bonds. The highest BCUT2D eigenvalue weighted by molar-refractivity contribution is 6.31. The third kappa shape index (κ3) is 12.6. The summed E-state index contributed by atoms with van der Waals surface area (Å²) in [6, 6.07) is 0. The summed E-state index contributed by atoms with van der Waals surface area (Å²) in [6.45, 7) is 12.8. The van der Waals surface area contributed by atoms with Gasteiger partial charge in [0.1, 0.15) is 7.28 Å². The van der Waals surface area contributed by atoms with Gasteiger partial charge in [0.2, 0.25) is 0 Å². The van der Waals surface area contributed by atoms with Gasteiger partial charge in [0.05, 0.1) is 0 Å². The third-order valence-electron chi connectivity index (χ3n) is 13.2. The van der Waals surface area contributed by atoms with Crippen molar-refractivity contribution in [2.24, 2.45) is 71.0 Å². The van der Waals surface area contributed by atoms with Gasteiger partial charge in [-0.15, -0.1) is 0 Å². The first kappa shape index (κ1) is 40.2. The Hall–Kier alpha value is 0.0649. The van der Waals surface area contributed by atoms with Gasteiger partial charge in [-0.05, 0) is 187 Å². The van der Waals surface area contributed by atoms with Crippen molar-refractivity contribution >= 4 is 7.28 Å². The lowest BCUT2D eigenvalue weighted by molar-refractivity contribution is 0.0197. The van der Waals surface area contributed by atoms with Crippen LogP contribution in [0.15, 0.2) is 0 Å². The topological polar surface area (TPSA) is 0 Å². The number of rotatable bonds is 3. The van der Waals surface area contributed by atoms with Crippen LogP contribution < -0.4 is 0 Å². The van der Waals surface area contributed by atoms with Crippen LogP contribution in [0.1, 0.15) is 190 Å². The van der Waals surface area contributed by atoms with E-state index in [9.17, 15) is 0 Å². The summed E-state index contributed by atoms with van der Waals surface area (Å²) < 4.78 is 0. The Balaban J connectivity index is 0.000000193. The zero-order valence-electron chi connectivity index (χ0n) is 29.8. The molecule has 12 saturated carbocycles. The summed E-state index contributed by atoms with van der Waals surface area (Å²) in [5.74, 6) is 14.1. The third-order valence-corrected chi connectivity index (χ3v) is 13.2. The van der Waals surface area contributed by atoms with E-state index in [-0.39, 0.29) is 14.9 Å². The SMILES string of the molecule is C.C.C1C2CC3CC1CC(C2)C3.C1C2CC3CC1CC(C2)C3.C1C2CC3CC1CC(C2)C3.CCCC.CCCCC.C[B]C. The molecule has 0 aromatic heterocycles. The molecule has 12 fully saturated rings. The first-order valence-electron chi connectivity index (χ1n) is 20.2. The second kappa shape index (κ2) is 21.1. The summed E-state index contributed by atoms with van der Waals surface area (Å²) in [6.07, 6.45) is 35.6. The molecule has 0 nitrogen and oxygen atoms in total. The normalized spacial score (nSPS) is 41.2. The molecule has 0 N–H and O–H groups in total. The van der Waals surface area contributed by atoms with E-state index in [0.717, 1.165) is 0 Å². The maximum atomic E-state index is 2.21. The Labute approximate surface area is 281 Å². The maximum Gasteiger partial charge on any atom is 0.102 e. The molecule has 12 aliphatic rings. The second-order valence-corrected chi connectivity index (χ2v) is 17.6. The lowest BCUT2D eigenvalue weighted by atomic mass is 9.56. The van der Waals surface area contributed by atoms with E-state index in [1.165, 1.54) is 103 Å². The van der Waals surface area contributed by atoms with E-state index in [0.29, 0.717) is 0 Å².